The molecule has 6 aliphatic rings. The van der Waals surface area contributed by atoms with Crippen LogP contribution in [0.15, 0.2) is 54.7 Å². The van der Waals surface area contributed by atoms with Crippen LogP contribution in [-0.2, 0) is 20.6 Å². The van der Waals surface area contributed by atoms with Gasteiger partial charge in [-0.15, -0.1) is 0 Å². The Morgan fingerprint density at radius 2 is 1.45 bits per heavy atom. The van der Waals surface area contributed by atoms with Crippen LogP contribution in [-0.4, -0.2) is 109 Å². The van der Waals surface area contributed by atoms with Crippen LogP contribution in [0.5, 0.6) is 0 Å². The second kappa shape index (κ2) is 16.4. The highest BCUT2D eigenvalue weighted by Gasteiger charge is 2.46. The zero-order valence-corrected chi connectivity index (χ0v) is 34.3. The van der Waals surface area contributed by atoms with Gasteiger partial charge in [0.2, 0.25) is 17.7 Å². The molecule has 6 aliphatic heterocycles. The molecular weight excluding hydrogens is 804 g/mol. The van der Waals surface area contributed by atoms with Crippen molar-refractivity contribution in [3.05, 3.63) is 82.8 Å². The fourth-order valence-corrected chi connectivity index (χ4v) is 10.2. The predicted octanol–water partition coefficient (Wildman–Crippen LogP) is 5.73. The molecule has 0 saturated carbocycles. The lowest BCUT2D eigenvalue weighted by Gasteiger charge is -2.55. The predicted molar refractivity (Wildman–Crippen MR) is 224 cm³/mol. The Balaban J connectivity index is 0.691. The van der Waals surface area contributed by atoms with Gasteiger partial charge in [-0.05, 0) is 106 Å². The highest BCUT2D eigenvalue weighted by Crippen LogP contribution is 2.43. The molecule has 5 amide bonds. The van der Waals surface area contributed by atoms with Crippen LogP contribution in [0, 0.1) is 23.8 Å². The second-order valence-electron chi connectivity index (χ2n) is 17.7. The number of hydrogen-bond acceptors (Lipinski definition) is 10. The number of benzene rings is 2. The van der Waals surface area contributed by atoms with E-state index >= 15 is 0 Å². The molecule has 1 atom stereocenters. The lowest BCUT2D eigenvalue weighted by Crippen LogP contribution is -2.60. The van der Waals surface area contributed by atoms with Crippen LogP contribution in [0.4, 0.5) is 41.7 Å². The molecule has 17 heteroatoms. The van der Waals surface area contributed by atoms with Crippen molar-refractivity contribution in [3.8, 4) is 0 Å². The van der Waals surface area contributed by atoms with Gasteiger partial charge in [-0.25, -0.2) is 9.83 Å². The molecule has 3 aromatic rings. The third-order valence-electron chi connectivity index (χ3n) is 13.9. The Hall–Kier alpha value is -6.02. The number of amides is 5. The molecule has 1 spiro atoms. The number of likely N-dealkylation sites (tertiary alicyclic amines) is 1. The number of piperidine rings is 4. The van der Waals surface area contributed by atoms with Crippen molar-refractivity contribution < 1.29 is 37.1 Å². The van der Waals surface area contributed by atoms with Gasteiger partial charge >= 0.3 is 6.18 Å². The van der Waals surface area contributed by atoms with Crippen molar-refractivity contribution in [2.75, 3.05) is 78.9 Å². The Morgan fingerprint density at radius 1 is 0.806 bits per heavy atom. The Bertz CT molecular complexity index is 2320. The monoisotopic (exact) mass is 851 g/mol. The smallest absolute Gasteiger partial charge is 0.372 e. The number of hydrogen-bond donors (Lipinski definition) is 2. The van der Waals surface area contributed by atoms with Crippen molar-refractivity contribution in [1.82, 2.24) is 20.1 Å². The van der Waals surface area contributed by atoms with E-state index in [4.69, 9.17) is 6.57 Å². The topological polar surface area (TPSA) is 143 Å². The number of nitrogens with one attached hydrogen (secondary N) is 2. The van der Waals surface area contributed by atoms with Crippen LogP contribution in [0.25, 0.3) is 4.85 Å². The van der Waals surface area contributed by atoms with Crippen molar-refractivity contribution in [1.29, 1.82) is 0 Å². The van der Waals surface area contributed by atoms with Crippen LogP contribution in [0.3, 0.4) is 0 Å². The summed E-state index contributed by atoms with van der Waals surface area (Å²) < 4.78 is 40.5. The van der Waals surface area contributed by atoms with Crippen molar-refractivity contribution in [2.24, 2.45) is 17.3 Å². The number of aromatic nitrogens is 1. The summed E-state index contributed by atoms with van der Waals surface area (Å²) in [7, 11) is 0. The van der Waals surface area contributed by atoms with Crippen LogP contribution in [0.2, 0.25) is 0 Å². The molecule has 5 fully saturated rings. The average Bonchev–Trinajstić information content (AvgIpc) is 3.51. The van der Waals surface area contributed by atoms with Crippen molar-refractivity contribution >= 4 is 58.1 Å². The van der Waals surface area contributed by atoms with Gasteiger partial charge in [0, 0.05) is 74.9 Å². The third-order valence-corrected chi connectivity index (χ3v) is 13.9. The number of rotatable bonds is 8. The number of carbonyl (C=O) groups is 5. The van der Waals surface area contributed by atoms with Gasteiger partial charge in [-0.3, -0.25) is 34.2 Å². The SMILES string of the molecule is [C-]#[N+]c1ccc(N2CCC(C(=O)Nc3ccc(N4CC5(CCN(CC6CCN(c7ccc8c(c7)C(=O)N(C7CCC(=O)NC7=O)C8=O)CC6)CC5)C4)cn3)CC2)cc1C(F)(F)F. The van der Waals surface area contributed by atoms with E-state index in [2.05, 4.69) is 35.2 Å². The molecule has 2 aromatic carbocycles. The minimum Gasteiger partial charge on any atom is -0.372 e. The quantitative estimate of drug-likeness (QED) is 0.213. The van der Waals surface area contributed by atoms with E-state index in [0.29, 0.717) is 54.5 Å². The molecule has 0 bridgehead atoms. The molecule has 2 N–H and O–H groups in total. The van der Waals surface area contributed by atoms with E-state index in [1.165, 1.54) is 12.1 Å². The summed E-state index contributed by atoms with van der Waals surface area (Å²) in [5.41, 5.74) is 1.83. The summed E-state index contributed by atoms with van der Waals surface area (Å²) >= 11 is 0. The second-order valence-corrected chi connectivity index (χ2v) is 17.7. The number of nitrogens with zero attached hydrogens (tertiary/aromatic N) is 7. The van der Waals surface area contributed by atoms with Crippen molar-refractivity contribution in [2.45, 2.75) is 63.6 Å². The molecule has 324 valence electrons. The minimum atomic E-state index is -4.62. The molecule has 1 unspecified atom stereocenters. The molecule has 9 rings (SSSR count). The largest absolute Gasteiger partial charge is 0.407 e. The van der Waals surface area contributed by atoms with Gasteiger partial charge in [0.05, 0.1) is 35.1 Å². The standard InChI is InChI=1S/C45H48F3N9O5/c1-49-36-6-3-31(23-35(36)45(46,47)48)55-18-12-29(13-19-55)40(59)51-38-8-4-32(24-50-38)56-26-44(27-56)14-20-53(21-15-44)25-28-10-16-54(17-11-28)30-2-5-33-34(22-30)43(62)57(42(33)61)37-7-9-39(58)52-41(37)60/h2-6,8,22-24,28-29,37H,7,9-21,25-27H2,(H,50,51,59)(H,52,58,60). The first kappa shape index (κ1) is 41.3. The fraction of sp³-hybridized carbons (Fsp3) is 0.489. The van der Waals surface area contributed by atoms with Gasteiger partial charge < -0.3 is 24.9 Å². The number of imide groups is 2. The summed E-state index contributed by atoms with van der Waals surface area (Å²) in [5, 5.41) is 5.16. The zero-order chi connectivity index (χ0) is 43.3. The maximum absolute atomic E-state index is 13.5. The summed E-state index contributed by atoms with van der Waals surface area (Å²) in [6.45, 7) is 14.7. The number of anilines is 4. The van der Waals surface area contributed by atoms with Gasteiger partial charge in [-0.2, -0.15) is 13.2 Å². The number of fused-ring (bicyclic) bond motifs is 1. The van der Waals surface area contributed by atoms with E-state index < -0.39 is 47.1 Å². The first-order valence-corrected chi connectivity index (χ1v) is 21.5. The fourth-order valence-electron chi connectivity index (χ4n) is 10.2. The third kappa shape index (κ3) is 8.07. The number of carbonyl (C=O) groups excluding carboxylic acids is 5. The molecule has 1 aromatic heterocycles. The van der Waals surface area contributed by atoms with E-state index in [9.17, 15) is 37.1 Å². The first-order valence-electron chi connectivity index (χ1n) is 21.5. The first-order chi connectivity index (χ1) is 29.8. The molecule has 0 radical (unpaired) electrons. The molecule has 0 aliphatic carbocycles. The Labute approximate surface area is 357 Å². The zero-order valence-electron chi connectivity index (χ0n) is 34.3. The average molecular weight is 852 g/mol. The van der Waals surface area contributed by atoms with Gasteiger partial charge in [-0.1, -0.05) is 6.07 Å². The molecular formula is C45H48F3N9O5. The van der Waals surface area contributed by atoms with Gasteiger partial charge in [0.25, 0.3) is 11.8 Å². The Morgan fingerprint density at radius 3 is 2.10 bits per heavy atom. The van der Waals surface area contributed by atoms with E-state index in [1.807, 2.05) is 23.1 Å². The summed E-state index contributed by atoms with van der Waals surface area (Å²) in [6.07, 6.45) is 2.71. The number of alkyl halides is 3. The number of halogens is 3. The highest BCUT2D eigenvalue weighted by atomic mass is 19.4. The van der Waals surface area contributed by atoms with Crippen LogP contribution in [0.1, 0.15) is 77.6 Å². The molecule has 14 nitrogen and oxygen atoms in total. The van der Waals surface area contributed by atoms with Gasteiger partial charge in [0.15, 0.2) is 5.69 Å². The summed E-state index contributed by atoms with van der Waals surface area (Å²) in [4.78, 5) is 81.2. The van der Waals surface area contributed by atoms with E-state index in [1.54, 1.807) is 18.3 Å². The number of pyridine rings is 1. The van der Waals surface area contributed by atoms with Crippen LogP contribution < -0.4 is 25.3 Å². The minimum absolute atomic E-state index is 0.0855. The van der Waals surface area contributed by atoms with E-state index in [-0.39, 0.29) is 30.1 Å². The lowest BCUT2D eigenvalue weighted by atomic mass is 9.71. The molecule has 62 heavy (non-hydrogen) atoms. The molecule has 7 heterocycles. The van der Waals surface area contributed by atoms with Gasteiger partial charge in [0.1, 0.15) is 11.9 Å². The Kier molecular flexibility index (Phi) is 10.9. The maximum Gasteiger partial charge on any atom is 0.407 e. The summed E-state index contributed by atoms with van der Waals surface area (Å²) in [6, 6.07) is 11.9. The van der Waals surface area contributed by atoms with Crippen LogP contribution >= 0.6 is 0 Å². The molecule has 5 saturated heterocycles. The normalized spacial score (nSPS) is 22.4. The van der Waals surface area contributed by atoms with E-state index in [0.717, 1.165) is 93.8 Å². The lowest BCUT2D eigenvalue weighted by molar-refractivity contribution is -0.137. The van der Waals surface area contributed by atoms with Crippen molar-refractivity contribution in [3.63, 3.8) is 0 Å². The summed E-state index contributed by atoms with van der Waals surface area (Å²) in [5.74, 6) is -1.39. The highest BCUT2D eigenvalue weighted by molar-refractivity contribution is 6.23. The maximum atomic E-state index is 13.5.